The fourth-order valence-corrected chi connectivity index (χ4v) is 5.17. The van der Waals surface area contributed by atoms with Crippen molar-refractivity contribution in [2.24, 2.45) is 0 Å². The van der Waals surface area contributed by atoms with E-state index >= 15 is 0 Å². The maximum atomic E-state index is 12.9. The van der Waals surface area contributed by atoms with Crippen LogP contribution in [0, 0.1) is 0 Å². The topological polar surface area (TPSA) is 119 Å². The number of esters is 2. The van der Waals surface area contributed by atoms with Crippen LogP contribution in [0.25, 0.3) is 11.3 Å². The van der Waals surface area contributed by atoms with Crippen LogP contribution in [0.2, 0.25) is 0 Å². The molecule has 1 aromatic heterocycles. The van der Waals surface area contributed by atoms with E-state index in [1.165, 1.54) is 32.5 Å². The number of anilines is 3. The van der Waals surface area contributed by atoms with Crippen LogP contribution >= 0.6 is 11.3 Å². The number of aromatic nitrogens is 1. The molecule has 0 aliphatic carbocycles. The number of dihydropyridines is 1. The highest BCUT2D eigenvalue weighted by Gasteiger charge is 2.38. The van der Waals surface area contributed by atoms with Crippen molar-refractivity contribution in [1.29, 1.82) is 0 Å². The zero-order valence-electron chi connectivity index (χ0n) is 21.7. The summed E-state index contributed by atoms with van der Waals surface area (Å²) in [6, 6.07) is 14.9. The number of para-hydroxylation sites is 1. The zero-order chi connectivity index (χ0) is 27.4. The Balaban J connectivity index is 1.71. The van der Waals surface area contributed by atoms with Crippen molar-refractivity contribution in [3.63, 3.8) is 0 Å². The molecule has 9 nitrogen and oxygen atoms in total. The quantitative estimate of drug-likeness (QED) is 0.360. The fraction of sp³-hybridized carbons (Fsp3) is 0.214. The Hall–Kier alpha value is -4.44. The second-order valence-corrected chi connectivity index (χ2v) is 9.49. The van der Waals surface area contributed by atoms with Gasteiger partial charge in [0.15, 0.2) is 5.13 Å². The van der Waals surface area contributed by atoms with Gasteiger partial charge in [0.2, 0.25) is 5.91 Å². The molecule has 1 aliphatic heterocycles. The summed E-state index contributed by atoms with van der Waals surface area (Å²) in [4.78, 5) is 41.8. The molecule has 2 heterocycles. The number of allylic oxidation sites excluding steroid dienone is 2. The molecule has 0 saturated heterocycles. The third kappa shape index (κ3) is 5.45. The largest absolute Gasteiger partial charge is 0.466 e. The molecule has 38 heavy (non-hydrogen) atoms. The first-order valence-electron chi connectivity index (χ1n) is 11.8. The second-order valence-electron chi connectivity index (χ2n) is 8.63. The number of thiazole rings is 1. The molecule has 0 unspecified atom stereocenters. The van der Waals surface area contributed by atoms with E-state index < -0.39 is 17.9 Å². The zero-order valence-corrected chi connectivity index (χ0v) is 22.5. The molecule has 2 aromatic carbocycles. The molecular formula is C28H28N4O5S. The molecule has 0 bridgehead atoms. The van der Waals surface area contributed by atoms with E-state index in [4.69, 9.17) is 14.5 Å². The van der Waals surface area contributed by atoms with E-state index in [0.29, 0.717) is 44.6 Å². The first-order valence-corrected chi connectivity index (χ1v) is 12.7. The Labute approximate surface area is 224 Å². The van der Waals surface area contributed by atoms with Crippen molar-refractivity contribution in [1.82, 2.24) is 10.3 Å². The summed E-state index contributed by atoms with van der Waals surface area (Å²) in [5, 5.41) is 11.8. The van der Waals surface area contributed by atoms with E-state index in [1.807, 2.05) is 53.9 Å². The molecule has 1 aliphatic rings. The molecule has 0 radical (unpaired) electrons. The van der Waals surface area contributed by atoms with E-state index in [9.17, 15) is 14.4 Å². The third-order valence-electron chi connectivity index (χ3n) is 6.09. The molecule has 3 aromatic rings. The summed E-state index contributed by atoms with van der Waals surface area (Å²) < 4.78 is 10.2. The first-order chi connectivity index (χ1) is 18.2. The Bertz CT molecular complexity index is 1420. The first kappa shape index (κ1) is 26.6. The molecule has 0 spiro atoms. The van der Waals surface area contributed by atoms with E-state index in [-0.39, 0.29) is 5.91 Å². The Morgan fingerprint density at radius 1 is 0.921 bits per heavy atom. The number of ether oxygens (including phenoxy) is 2. The number of amides is 1. The molecule has 4 rings (SSSR count). The lowest BCUT2D eigenvalue weighted by Gasteiger charge is -2.31. The highest BCUT2D eigenvalue weighted by Crippen LogP contribution is 2.42. The predicted molar refractivity (Wildman–Crippen MR) is 147 cm³/mol. The molecule has 10 heteroatoms. The summed E-state index contributed by atoms with van der Waals surface area (Å²) in [7, 11) is 2.62. The van der Waals surface area contributed by atoms with Crippen LogP contribution in [-0.2, 0) is 23.9 Å². The van der Waals surface area contributed by atoms with Crippen LogP contribution < -0.4 is 16.0 Å². The Morgan fingerprint density at radius 2 is 1.53 bits per heavy atom. The maximum absolute atomic E-state index is 12.9. The number of carbonyl (C=O) groups excluding carboxylic acids is 3. The highest BCUT2D eigenvalue weighted by molar-refractivity contribution is 7.14. The predicted octanol–water partition coefficient (Wildman–Crippen LogP) is 5.09. The third-order valence-corrected chi connectivity index (χ3v) is 6.85. The van der Waals surface area contributed by atoms with Gasteiger partial charge in [-0.15, -0.1) is 11.3 Å². The van der Waals surface area contributed by atoms with Gasteiger partial charge in [0.05, 0.1) is 37.0 Å². The molecule has 0 atom stereocenters. The van der Waals surface area contributed by atoms with Gasteiger partial charge >= 0.3 is 11.9 Å². The van der Waals surface area contributed by atoms with Crippen LogP contribution in [0.4, 0.5) is 16.5 Å². The van der Waals surface area contributed by atoms with Gasteiger partial charge in [0.1, 0.15) is 0 Å². The Kier molecular flexibility index (Phi) is 7.92. The summed E-state index contributed by atoms with van der Waals surface area (Å²) >= 11 is 1.42. The average molecular weight is 533 g/mol. The standard InChI is InChI=1S/C28H28N4O5S/c1-15-23(26(34)36-4)25(24(16(2)29-15)27(35)37-5)20-8-6-7-9-21(20)31-28-32-22(14-38-28)18-10-12-19(13-11-18)30-17(3)33/h6-14,25,29H,1-5H3,(H,30,33)(H,31,32). The second kappa shape index (κ2) is 11.3. The van der Waals surface area contributed by atoms with Crippen molar-refractivity contribution in [2.75, 3.05) is 24.9 Å². The SMILES string of the molecule is COC(=O)C1=C(C)NC(C)=C(C(=O)OC)C1c1ccccc1Nc1nc(-c2ccc(NC(C)=O)cc2)cs1. The number of nitrogens with zero attached hydrogens (tertiary/aromatic N) is 1. The van der Waals surface area contributed by atoms with Gasteiger partial charge in [-0.05, 0) is 37.6 Å². The van der Waals surface area contributed by atoms with Gasteiger partial charge in [-0.2, -0.15) is 0 Å². The number of rotatable bonds is 7. The van der Waals surface area contributed by atoms with Gasteiger partial charge in [-0.1, -0.05) is 30.3 Å². The van der Waals surface area contributed by atoms with Crippen molar-refractivity contribution in [3.05, 3.63) is 82.0 Å². The number of carbonyl (C=O) groups is 3. The number of hydrogen-bond acceptors (Lipinski definition) is 9. The monoisotopic (exact) mass is 532 g/mol. The van der Waals surface area contributed by atoms with Gasteiger partial charge in [-0.25, -0.2) is 14.6 Å². The van der Waals surface area contributed by atoms with Crippen molar-refractivity contribution >= 4 is 45.7 Å². The molecule has 0 fully saturated rings. The lowest BCUT2D eigenvalue weighted by molar-refractivity contribution is -0.137. The molecule has 0 saturated carbocycles. The van der Waals surface area contributed by atoms with E-state index in [1.54, 1.807) is 13.8 Å². The minimum Gasteiger partial charge on any atom is -0.466 e. The smallest absolute Gasteiger partial charge is 0.336 e. The normalized spacial score (nSPS) is 13.6. The van der Waals surface area contributed by atoms with Crippen LogP contribution in [0.5, 0.6) is 0 Å². The van der Waals surface area contributed by atoms with Crippen molar-refractivity contribution < 1.29 is 23.9 Å². The summed E-state index contributed by atoms with van der Waals surface area (Å²) in [5.74, 6) is -1.93. The highest BCUT2D eigenvalue weighted by atomic mass is 32.1. The Morgan fingerprint density at radius 3 is 2.11 bits per heavy atom. The van der Waals surface area contributed by atoms with Crippen LogP contribution in [0.1, 0.15) is 32.3 Å². The van der Waals surface area contributed by atoms with Crippen molar-refractivity contribution in [2.45, 2.75) is 26.7 Å². The molecule has 1 amide bonds. The lowest BCUT2D eigenvalue weighted by Crippen LogP contribution is -2.32. The van der Waals surface area contributed by atoms with E-state index in [0.717, 1.165) is 11.3 Å². The summed E-state index contributed by atoms with van der Waals surface area (Å²) in [6.07, 6.45) is 0. The number of benzene rings is 2. The van der Waals surface area contributed by atoms with Crippen LogP contribution in [-0.4, -0.2) is 37.0 Å². The van der Waals surface area contributed by atoms with Crippen LogP contribution in [0.3, 0.4) is 0 Å². The average Bonchev–Trinajstić information content (AvgIpc) is 3.36. The molecular weight excluding hydrogens is 504 g/mol. The number of methoxy groups -OCH3 is 2. The minimum atomic E-state index is -0.722. The maximum Gasteiger partial charge on any atom is 0.336 e. The van der Waals surface area contributed by atoms with Gasteiger partial charge < -0.3 is 25.4 Å². The molecule has 3 N–H and O–H groups in total. The van der Waals surface area contributed by atoms with Crippen LogP contribution in [0.15, 0.2) is 76.5 Å². The van der Waals surface area contributed by atoms with Gasteiger partial charge in [0.25, 0.3) is 0 Å². The number of hydrogen-bond donors (Lipinski definition) is 3. The number of nitrogens with one attached hydrogen (secondary N) is 3. The fourth-order valence-electron chi connectivity index (χ4n) is 4.44. The van der Waals surface area contributed by atoms with Gasteiger partial charge in [0, 0.05) is 40.6 Å². The van der Waals surface area contributed by atoms with Gasteiger partial charge in [-0.3, -0.25) is 4.79 Å². The molecule has 196 valence electrons. The minimum absolute atomic E-state index is 0.133. The lowest BCUT2D eigenvalue weighted by atomic mass is 9.79. The summed E-state index contributed by atoms with van der Waals surface area (Å²) in [5.41, 5.74) is 5.60. The van der Waals surface area contributed by atoms with Crippen molar-refractivity contribution in [3.8, 4) is 11.3 Å². The summed E-state index contributed by atoms with van der Waals surface area (Å²) in [6.45, 7) is 5.01. The van der Waals surface area contributed by atoms with E-state index in [2.05, 4.69) is 16.0 Å².